The molecule has 0 aromatic carbocycles. The van der Waals surface area contributed by atoms with Crippen LogP contribution in [-0.2, 0) is 14.3 Å². The lowest BCUT2D eigenvalue weighted by molar-refractivity contribution is -0.136. The Hall–Kier alpha value is -1.84. The summed E-state index contributed by atoms with van der Waals surface area (Å²) in [4.78, 5) is 21.4. The van der Waals surface area contributed by atoms with Crippen molar-refractivity contribution in [3.05, 3.63) is 35.6 Å². The average Bonchev–Trinajstić information content (AvgIpc) is 2.28. The quantitative estimate of drug-likeness (QED) is 0.675. The van der Waals surface area contributed by atoms with Crippen LogP contribution in [0, 0.1) is 0 Å². The van der Waals surface area contributed by atoms with Crippen LogP contribution in [0.15, 0.2) is 35.6 Å². The first-order valence-corrected chi connectivity index (χ1v) is 4.10. The summed E-state index contributed by atoms with van der Waals surface area (Å²) in [5.74, 6) is -1.55. The molecule has 1 aliphatic rings. The molecule has 0 amide bonds. The van der Waals surface area contributed by atoms with Gasteiger partial charge in [-0.05, 0) is 18.6 Å². The summed E-state index contributed by atoms with van der Waals surface area (Å²) in [6.45, 7) is 1.23. The summed E-state index contributed by atoms with van der Waals surface area (Å²) >= 11 is 0. The fraction of sp³-hybridized carbons (Fsp3) is 0.200. The van der Waals surface area contributed by atoms with Gasteiger partial charge in [0.2, 0.25) is 0 Å². The number of ether oxygens (including phenoxy) is 1. The Labute approximate surface area is 81.2 Å². The molecular formula is C10H10O4. The minimum Gasteiger partial charge on any atom is -0.478 e. The summed E-state index contributed by atoms with van der Waals surface area (Å²) in [5.41, 5.74) is -0.00560. The molecule has 0 bridgehead atoms. The molecule has 0 unspecified atom stereocenters. The maximum absolute atomic E-state index is 10.8. The summed E-state index contributed by atoms with van der Waals surface area (Å²) in [6.07, 6.45) is 6.97. The minimum atomic E-state index is -1.11. The lowest BCUT2D eigenvalue weighted by Crippen LogP contribution is -2.06. The summed E-state index contributed by atoms with van der Waals surface area (Å²) in [7, 11) is 0. The first-order chi connectivity index (χ1) is 6.61. The maximum Gasteiger partial charge on any atom is 0.339 e. The zero-order valence-corrected chi connectivity index (χ0v) is 7.69. The zero-order valence-electron chi connectivity index (χ0n) is 7.69. The van der Waals surface area contributed by atoms with Gasteiger partial charge in [-0.15, -0.1) is 0 Å². The molecule has 0 spiro atoms. The topological polar surface area (TPSA) is 63.6 Å². The van der Waals surface area contributed by atoms with Crippen molar-refractivity contribution in [3.8, 4) is 0 Å². The molecule has 0 fully saturated rings. The van der Waals surface area contributed by atoms with Gasteiger partial charge in [-0.2, -0.15) is 0 Å². The number of hydrogen-bond acceptors (Lipinski definition) is 3. The Balaban J connectivity index is 3.06. The number of rotatable bonds is 2. The van der Waals surface area contributed by atoms with Crippen molar-refractivity contribution < 1.29 is 19.4 Å². The highest BCUT2D eigenvalue weighted by molar-refractivity contribution is 5.91. The van der Waals surface area contributed by atoms with E-state index < -0.39 is 11.9 Å². The number of carboxylic acids is 1. The van der Waals surface area contributed by atoms with Gasteiger partial charge in [-0.1, -0.05) is 12.2 Å². The molecule has 0 radical (unpaired) electrons. The van der Waals surface area contributed by atoms with E-state index in [4.69, 9.17) is 9.84 Å². The maximum atomic E-state index is 10.8. The molecule has 0 saturated heterocycles. The van der Waals surface area contributed by atoms with Gasteiger partial charge in [0.1, 0.15) is 11.3 Å². The van der Waals surface area contributed by atoms with Crippen LogP contribution in [-0.4, -0.2) is 17.0 Å². The van der Waals surface area contributed by atoms with Crippen molar-refractivity contribution in [2.75, 3.05) is 0 Å². The molecule has 1 N–H and O–H groups in total. The van der Waals surface area contributed by atoms with Crippen LogP contribution in [0.5, 0.6) is 0 Å². The van der Waals surface area contributed by atoms with Gasteiger partial charge in [0, 0.05) is 6.92 Å². The first kappa shape index (κ1) is 10.2. The number of carboxylic acid groups (broad SMARTS) is 1. The van der Waals surface area contributed by atoms with E-state index in [1.54, 1.807) is 12.2 Å². The average molecular weight is 194 g/mol. The van der Waals surface area contributed by atoms with Gasteiger partial charge in [-0.25, -0.2) is 4.79 Å². The Bertz CT molecular complexity index is 347. The standard InChI is InChI=1S/C10H10O4/c1-7(11)14-9-6-4-2-3-5-8(9)10(12)13/h3-6H,2H2,1H3,(H,12,13). The normalized spacial score (nSPS) is 15.2. The van der Waals surface area contributed by atoms with E-state index in [0.29, 0.717) is 6.42 Å². The summed E-state index contributed by atoms with van der Waals surface area (Å²) in [5, 5.41) is 8.81. The molecule has 0 aliphatic heterocycles. The summed E-state index contributed by atoms with van der Waals surface area (Å²) < 4.78 is 4.77. The number of hydrogen-bond donors (Lipinski definition) is 1. The van der Waals surface area contributed by atoms with Crippen molar-refractivity contribution in [2.24, 2.45) is 0 Å². The van der Waals surface area contributed by atoms with E-state index in [0.717, 1.165) is 0 Å². The van der Waals surface area contributed by atoms with Crippen LogP contribution in [0.4, 0.5) is 0 Å². The van der Waals surface area contributed by atoms with Crippen molar-refractivity contribution >= 4 is 11.9 Å². The molecule has 0 aromatic heterocycles. The molecule has 0 saturated carbocycles. The van der Waals surface area contributed by atoms with E-state index in [9.17, 15) is 9.59 Å². The molecule has 4 nitrogen and oxygen atoms in total. The van der Waals surface area contributed by atoms with Gasteiger partial charge < -0.3 is 9.84 Å². The lowest BCUT2D eigenvalue weighted by atomic mass is 10.2. The molecular weight excluding hydrogens is 184 g/mol. The molecule has 1 aliphatic carbocycles. The van der Waals surface area contributed by atoms with Crippen LogP contribution in [0.1, 0.15) is 13.3 Å². The van der Waals surface area contributed by atoms with Gasteiger partial charge in [-0.3, -0.25) is 4.79 Å². The van der Waals surface area contributed by atoms with Gasteiger partial charge in [0.05, 0.1) is 0 Å². The first-order valence-electron chi connectivity index (χ1n) is 4.10. The van der Waals surface area contributed by atoms with Crippen molar-refractivity contribution in [3.63, 3.8) is 0 Å². The van der Waals surface area contributed by atoms with Gasteiger partial charge >= 0.3 is 11.9 Å². The molecule has 1 rings (SSSR count). The predicted molar refractivity (Wildman–Crippen MR) is 49.3 cm³/mol. The Morgan fingerprint density at radius 3 is 2.57 bits per heavy atom. The van der Waals surface area contributed by atoms with Crippen LogP contribution in [0.25, 0.3) is 0 Å². The number of carbonyl (C=O) groups excluding carboxylic acids is 1. The van der Waals surface area contributed by atoms with Crippen LogP contribution >= 0.6 is 0 Å². The summed E-state index contributed by atoms with van der Waals surface area (Å²) in [6, 6.07) is 0. The largest absolute Gasteiger partial charge is 0.478 e. The number of carbonyl (C=O) groups is 2. The number of esters is 1. The predicted octanol–water partition coefficient (Wildman–Crippen LogP) is 1.40. The van der Waals surface area contributed by atoms with E-state index in [-0.39, 0.29) is 11.3 Å². The Kier molecular flexibility index (Phi) is 3.23. The third-order valence-electron chi connectivity index (χ3n) is 1.58. The molecule has 14 heavy (non-hydrogen) atoms. The van der Waals surface area contributed by atoms with Crippen molar-refractivity contribution in [1.82, 2.24) is 0 Å². The van der Waals surface area contributed by atoms with Crippen molar-refractivity contribution in [2.45, 2.75) is 13.3 Å². The highest BCUT2D eigenvalue weighted by Crippen LogP contribution is 2.14. The highest BCUT2D eigenvalue weighted by atomic mass is 16.5. The lowest BCUT2D eigenvalue weighted by Gasteiger charge is -2.03. The van der Waals surface area contributed by atoms with Crippen LogP contribution in [0.2, 0.25) is 0 Å². The molecule has 4 heteroatoms. The van der Waals surface area contributed by atoms with E-state index in [1.165, 1.54) is 19.1 Å². The third kappa shape index (κ3) is 2.58. The molecule has 0 heterocycles. The van der Waals surface area contributed by atoms with E-state index >= 15 is 0 Å². The smallest absolute Gasteiger partial charge is 0.339 e. The second kappa shape index (κ2) is 4.41. The fourth-order valence-corrected chi connectivity index (χ4v) is 1.03. The fourth-order valence-electron chi connectivity index (χ4n) is 1.03. The molecule has 0 atom stereocenters. The highest BCUT2D eigenvalue weighted by Gasteiger charge is 2.13. The monoisotopic (exact) mass is 194 g/mol. The van der Waals surface area contributed by atoms with Crippen LogP contribution in [0.3, 0.4) is 0 Å². The second-order valence-corrected chi connectivity index (χ2v) is 2.72. The second-order valence-electron chi connectivity index (χ2n) is 2.72. The van der Waals surface area contributed by atoms with E-state index in [2.05, 4.69) is 0 Å². The molecule has 0 aromatic rings. The third-order valence-corrected chi connectivity index (χ3v) is 1.58. The van der Waals surface area contributed by atoms with Gasteiger partial charge in [0.25, 0.3) is 0 Å². The number of allylic oxidation sites excluding steroid dienone is 3. The Morgan fingerprint density at radius 2 is 2.00 bits per heavy atom. The SMILES string of the molecule is CC(=O)OC1=C(C(=O)O)C=CCC=C1. The van der Waals surface area contributed by atoms with Crippen molar-refractivity contribution in [1.29, 1.82) is 0 Å². The van der Waals surface area contributed by atoms with Crippen LogP contribution < -0.4 is 0 Å². The Morgan fingerprint density at radius 1 is 1.36 bits per heavy atom. The van der Waals surface area contributed by atoms with E-state index in [1.807, 2.05) is 0 Å². The zero-order chi connectivity index (χ0) is 10.6. The minimum absolute atomic E-state index is 0.00560. The molecule has 74 valence electrons. The number of aliphatic carboxylic acids is 1. The van der Waals surface area contributed by atoms with Gasteiger partial charge in [0.15, 0.2) is 0 Å².